The van der Waals surface area contributed by atoms with Gasteiger partial charge in [0.05, 0.1) is 0 Å². The molecule has 15 heavy (non-hydrogen) atoms. The number of hydrogen-bond acceptors (Lipinski definition) is 3. The van der Waals surface area contributed by atoms with Crippen LogP contribution in [0.15, 0.2) is 0 Å². The van der Waals surface area contributed by atoms with Gasteiger partial charge in [-0.3, -0.25) is 0 Å². The first kappa shape index (κ1) is 11.4. The van der Waals surface area contributed by atoms with Crippen LogP contribution in [0.5, 0.6) is 0 Å². The van der Waals surface area contributed by atoms with Gasteiger partial charge in [-0.2, -0.15) is 0 Å². The van der Waals surface area contributed by atoms with Crippen molar-refractivity contribution in [2.45, 2.75) is 19.4 Å². The van der Waals surface area contributed by atoms with Crippen LogP contribution in [0.4, 0.5) is 0 Å². The standard InChI is InChI=1S/C12H25N3/c1-10-6-13-7-12(10)15(3)9-11-4-5-14(2)8-11/h10-13H,4-9H2,1-3H3. The maximum Gasteiger partial charge on any atom is 0.0255 e. The van der Waals surface area contributed by atoms with Crippen LogP contribution in [-0.2, 0) is 0 Å². The normalized spacial score (nSPS) is 38.0. The first-order chi connectivity index (χ1) is 7.16. The lowest BCUT2D eigenvalue weighted by molar-refractivity contribution is 0.189. The zero-order chi connectivity index (χ0) is 10.8. The molecule has 3 atom stereocenters. The molecule has 0 bridgehead atoms. The van der Waals surface area contributed by atoms with E-state index in [0.717, 1.165) is 17.9 Å². The minimum Gasteiger partial charge on any atom is -0.315 e. The van der Waals surface area contributed by atoms with E-state index < -0.39 is 0 Å². The van der Waals surface area contributed by atoms with Crippen LogP contribution < -0.4 is 5.32 Å². The van der Waals surface area contributed by atoms with Crippen LogP contribution in [0.3, 0.4) is 0 Å². The molecule has 0 aliphatic carbocycles. The molecule has 3 nitrogen and oxygen atoms in total. The fourth-order valence-corrected chi connectivity index (χ4v) is 3.10. The van der Waals surface area contributed by atoms with E-state index in [1.165, 1.54) is 39.1 Å². The number of hydrogen-bond donors (Lipinski definition) is 1. The van der Waals surface area contributed by atoms with Crippen molar-refractivity contribution < 1.29 is 0 Å². The molecular weight excluding hydrogens is 186 g/mol. The third-order valence-corrected chi connectivity index (χ3v) is 4.08. The Kier molecular flexibility index (Phi) is 3.65. The highest BCUT2D eigenvalue weighted by Crippen LogP contribution is 2.19. The summed E-state index contributed by atoms with van der Waals surface area (Å²) in [4.78, 5) is 5.03. The Morgan fingerprint density at radius 1 is 1.40 bits per heavy atom. The summed E-state index contributed by atoms with van der Waals surface area (Å²) in [5, 5.41) is 3.48. The maximum atomic E-state index is 3.48. The van der Waals surface area contributed by atoms with Gasteiger partial charge >= 0.3 is 0 Å². The first-order valence-electron chi connectivity index (χ1n) is 6.26. The molecule has 0 aromatic heterocycles. The molecule has 2 saturated heterocycles. The third kappa shape index (κ3) is 2.71. The Balaban J connectivity index is 1.78. The predicted molar refractivity (Wildman–Crippen MR) is 64.1 cm³/mol. The smallest absolute Gasteiger partial charge is 0.0255 e. The number of nitrogens with zero attached hydrogens (tertiary/aromatic N) is 2. The molecule has 2 heterocycles. The van der Waals surface area contributed by atoms with Crippen molar-refractivity contribution in [3.8, 4) is 0 Å². The summed E-state index contributed by atoms with van der Waals surface area (Å²) >= 11 is 0. The van der Waals surface area contributed by atoms with Crippen LogP contribution in [0.25, 0.3) is 0 Å². The number of rotatable bonds is 3. The van der Waals surface area contributed by atoms with E-state index in [-0.39, 0.29) is 0 Å². The lowest BCUT2D eigenvalue weighted by Crippen LogP contribution is -2.40. The molecule has 2 rings (SSSR count). The van der Waals surface area contributed by atoms with Crippen molar-refractivity contribution in [2.75, 3.05) is 46.8 Å². The lowest BCUT2D eigenvalue weighted by atomic mass is 10.0. The fraction of sp³-hybridized carbons (Fsp3) is 1.00. The molecule has 2 aliphatic rings. The summed E-state index contributed by atoms with van der Waals surface area (Å²) in [5.74, 6) is 1.71. The van der Waals surface area contributed by atoms with Gasteiger partial charge in [-0.15, -0.1) is 0 Å². The van der Waals surface area contributed by atoms with Gasteiger partial charge in [0.1, 0.15) is 0 Å². The van der Waals surface area contributed by atoms with Crippen molar-refractivity contribution in [2.24, 2.45) is 11.8 Å². The summed E-state index contributed by atoms with van der Waals surface area (Å²) in [6.07, 6.45) is 1.38. The van der Waals surface area contributed by atoms with Gasteiger partial charge < -0.3 is 15.1 Å². The second-order valence-corrected chi connectivity index (χ2v) is 5.56. The molecule has 0 spiro atoms. The second-order valence-electron chi connectivity index (χ2n) is 5.56. The molecule has 2 fully saturated rings. The van der Waals surface area contributed by atoms with Gasteiger partial charge in [-0.05, 0) is 45.4 Å². The van der Waals surface area contributed by atoms with Crippen LogP contribution >= 0.6 is 0 Å². The van der Waals surface area contributed by atoms with E-state index in [4.69, 9.17) is 0 Å². The average Bonchev–Trinajstić information content (AvgIpc) is 2.75. The molecule has 1 N–H and O–H groups in total. The van der Waals surface area contributed by atoms with Gasteiger partial charge in [-0.1, -0.05) is 6.92 Å². The van der Waals surface area contributed by atoms with E-state index in [9.17, 15) is 0 Å². The molecule has 0 aromatic carbocycles. The predicted octanol–water partition coefficient (Wildman–Crippen LogP) is 0.478. The molecule has 88 valence electrons. The summed E-state index contributed by atoms with van der Waals surface area (Å²) in [6.45, 7) is 8.60. The van der Waals surface area contributed by atoms with Crippen molar-refractivity contribution in [3.05, 3.63) is 0 Å². The zero-order valence-corrected chi connectivity index (χ0v) is 10.4. The second kappa shape index (κ2) is 4.81. The minimum atomic E-state index is 0.760. The van der Waals surface area contributed by atoms with Crippen molar-refractivity contribution in [3.63, 3.8) is 0 Å². The highest BCUT2D eigenvalue weighted by molar-refractivity contribution is 4.86. The minimum absolute atomic E-state index is 0.760. The molecular formula is C12H25N3. The molecule has 0 saturated carbocycles. The number of likely N-dealkylation sites (tertiary alicyclic amines) is 1. The van der Waals surface area contributed by atoms with E-state index in [2.05, 4.69) is 36.1 Å². The van der Waals surface area contributed by atoms with Gasteiger partial charge in [0.15, 0.2) is 0 Å². The zero-order valence-electron chi connectivity index (χ0n) is 10.4. The molecule has 0 aromatic rings. The van der Waals surface area contributed by atoms with E-state index in [0.29, 0.717) is 0 Å². The Labute approximate surface area is 93.8 Å². The van der Waals surface area contributed by atoms with Crippen LogP contribution in [0.2, 0.25) is 0 Å². The largest absolute Gasteiger partial charge is 0.315 e. The van der Waals surface area contributed by atoms with E-state index >= 15 is 0 Å². The summed E-state index contributed by atoms with van der Waals surface area (Å²) in [6, 6.07) is 0.760. The Morgan fingerprint density at radius 3 is 2.73 bits per heavy atom. The van der Waals surface area contributed by atoms with Crippen LogP contribution in [0, 0.1) is 11.8 Å². The Morgan fingerprint density at radius 2 is 2.20 bits per heavy atom. The highest BCUT2D eigenvalue weighted by atomic mass is 15.2. The van der Waals surface area contributed by atoms with Crippen molar-refractivity contribution in [1.29, 1.82) is 0 Å². The Hall–Kier alpha value is -0.120. The summed E-state index contributed by atoms with van der Waals surface area (Å²) < 4.78 is 0. The van der Waals surface area contributed by atoms with Crippen molar-refractivity contribution in [1.82, 2.24) is 15.1 Å². The topological polar surface area (TPSA) is 18.5 Å². The SMILES string of the molecule is CC1CNCC1N(C)CC1CCN(C)C1. The van der Waals surface area contributed by atoms with Gasteiger partial charge in [0, 0.05) is 25.7 Å². The quantitative estimate of drug-likeness (QED) is 0.732. The summed E-state index contributed by atoms with van der Waals surface area (Å²) in [7, 11) is 4.53. The molecule has 2 aliphatic heterocycles. The van der Waals surface area contributed by atoms with E-state index in [1.807, 2.05) is 0 Å². The average molecular weight is 211 g/mol. The van der Waals surface area contributed by atoms with Crippen LogP contribution in [0.1, 0.15) is 13.3 Å². The number of likely N-dealkylation sites (N-methyl/N-ethyl adjacent to an activating group) is 1. The lowest BCUT2D eigenvalue weighted by Gasteiger charge is -2.29. The molecule has 0 amide bonds. The van der Waals surface area contributed by atoms with Gasteiger partial charge in [-0.25, -0.2) is 0 Å². The monoisotopic (exact) mass is 211 g/mol. The first-order valence-corrected chi connectivity index (χ1v) is 6.26. The summed E-state index contributed by atoms with van der Waals surface area (Å²) in [5.41, 5.74) is 0. The molecule has 0 radical (unpaired) electrons. The Bertz CT molecular complexity index is 207. The van der Waals surface area contributed by atoms with Crippen LogP contribution in [-0.4, -0.2) is 62.7 Å². The fourth-order valence-electron chi connectivity index (χ4n) is 3.10. The third-order valence-electron chi connectivity index (χ3n) is 4.08. The molecule has 3 heteroatoms. The molecule has 3 unspecified atom stereocenters. The van der Waals surface area contributed by atoms with Gasteiger partial charge in [0.2, 0.25) is 0 Å². The van der Waals surface area contributed by atoms with Gasteiger partial charge in [0.25, 0.3) is 0 Å². The van der Waals surface area contributed by atoms with E-state index in [1.54, 1.807) is 0 Å². The number of nitrogens with one attached hydrogen (secondary N) is 1. The van der Waals surface area contributed by atoms with Crippen molar-refractivity contribution >= 4 is 0 Å². The maximum absolute atomic E-state index is 3.48. The highest BCUT2D eigenvalue weighted by Gasteiger charge is 2.29.